The van der Waals surface area contributed by atoms with Gasteiger partial charge in [0.2, 0.25) is 0 Å². The molecule has 0 saturated carbocycles. The number of sulfonamides is 1. The highest BCUT2D eigenvalue weighted by Crippen LogP contribution is 2.28. The Morgan fingerprint density at radius 3 is 2.70 bits per heavy atom. The van der Waals surface area contributed by atoms with Gasteiger partial charge >= 0.3 is 0 Å². The Morgan fingerprint density at radius 2 is 2.10 bits per heavy atom. The van der Waals surface area contributed by atoms with Crippen LogP contribution in [-0.2, 0) is 16.6 Å². The summed E-state index contributed by atoms with van der Waals surface area (Å²) < 4.78 is 27.4. The second-order valence-electron chi connectivity index (χ2n) is 4.17. The third-order valence-electron chi connectivity index (χ3n) is 2.73. The van der Waals surface area contributed by atoms with E-state index in [1.807, 2.05) is 18.4 Å². The van der Waals surface area contributed by atoms with Gasteiger partial charge in [-0.2, -0.15) is 0 Å². The van der Waals surface area contributed by atoms with Gasteiger partial charge in [0.1, 0.15) is 4.21 Å². The lowest BCUT2D eigenvalue weighted by Gasteiger charge is -2.07. The van der Waals surface area contributed by atoms with E-state index in [0.717, 1.165) is 21.8 Å². The maximum Gasteiger partial charge on any atom is 0.271 e. The molecule has 20 heavy (non-hydrogen) atoms. The van der Waals surface area contributed by atoms with Gasteiger partial charge in [0.05, 0.1) is 6.61 Å². The average molecular weight is 329 g/mol. The van der Waals surface area contributed by atoms with Crippen LogP contribution in [0.1, 0.15) is 10.4 Å². The van der Waals surface area contributed by atoms with Gasteiger partial charge in [0, 0.05) is 15.5 Å². The van der Waals surface area contributed by atoms with Crippen LogP contribution in [0.25, 0.3) is 0 Å². The van der Waals surface area contributed by atoms with E-state index in [0.29, 0.717) is 10.6 Å². The maximum atomic E-state index is 12.3. The monoisotopic (exact) mass is 329 g/mol. The number of aliphatic hydroxyl groups is 1. The zero-order chi connectivity index (χ0) is 14.8. The Labute approximate surface area is 126 Å². The van der Waals surface area contributed by atoms with Gasteiger partial charge in [0.15, 0.2) is 0 Å². The quantitative estimate of drug-likeness (QED) is 0.827. The van der Waals surface area contributed by atoms with Gasteiger partial charge in [-0.25, -0.2) is 8.42 Å². The van der Waals surface area contributed by atoms with Crippen LogP contribution in [0.2, 0.25) is 0 Å². The number of hydrogen-bond donors (Lipinski definition) is 2. The third-order valence-corrected chi connectivity index (χ3v) is 6.53. The molecule has 0 aliphatic heterocycles. The molecule has 1 heterocycles. The number of aryl methyl sites for hydroxylation is 1. The average Bonchev–Trinajstić information content (AvgIpc) is 2.80. The summed E-state index contributed by atoms with van der Waals surface area (Å²) in [6, 6.07) is 8.81. The summed E-state index contributed by atoms with van der Waals surface area (Å²) >= 11 is 2.64. The highest BCUT2D eigenvalue weighted by molar-refractivity contribution is 7.98. The molecule has 0 unspecified atom stereocenters. The van der Waals surface area contributed by atoms with Crippen LogP contribution in [0.3, 0.4) is 0 Å². The van der Waals surface area contributed by atoms with Crippen molar-refractivity contribution in [2.45, 2.75) is 22.6 Å². The lowest BCUT2D eigenvalue weighted by molar-refractivity contribution is 0.285. The highest BCUT2D eigenvalue weighted by Gasteiger charge is 2.18. The molecule has 0 fully saturated rings. The summed E-state index contributed by atoms with van der Waals surface area (Å²) in [7, 11) is -3.60. The molecule has 0 aliphatic rings. The summed E-state index contributed by atoms with van der Waals surface area (Å²) in [5.74, 6) is 0. The highest BCUT2D eigenvalue weighted by atomic mass is 32.2. The number of thiophene rings is 1. The van der Waals surface area contributed by atoms with Crippen molar-refractivity contribution in [3.05, 3.63) is 40.8 Å². The van der Waals surface area contributed by atoms with Crippen LogP contribution in [0, 0.1) is 6.92 Å². The Hall–Kier alpha value is -1.02. The molecule has 4 nitrogen and oxygen atoms in total. The fourth-order valence-electron chi connectivity index (χ4n) is 1.67. The van der Waals surface area contributed by atoms with Crippen molar-refractivity contribution in [1.82, 2.24) is 0 Å². The zero-order valence-corrected chi connectivity index (χ0v) is 13.5. The van der Waals surface area contributed by atoms with Gasteiger partial charge in [-0.1, -0.05) is 6.07 Å². The molecule has 0 amide bonds. The topological polar surface area (TPSA) is 66.4 Å². The van der Waals surface area contributed by atoms with Crippen molar-refractivity contribution < 1.29 is 13.5 Å². The number of thioether (sulfide) groups is 1. The second kappa shape index (κ2) is 6.17. The lowest BCUT2D eigenvalue weighted by Crippen LogP contribution is -2.11. The molecule has 7 heteroatoms. The Morgan fingerprint density at radius 1 is 1.35 bits per heavy atom. The lowest BCUT2D eigenvalue weighted by atomic mass is 10.3. The first-order valence-corrected chi connectivity index (χ1v) is 9.36. The summed E-state index contributed by atoms with van der Waals surface area (Å²) in [5, 5.41) is 9.15. The number of anilines is 1. The number of rotatable bonds is 5. The zero-order valence-electron chi connectivity index (χ0n) is 11.1. The molecule has 108 valence electrons. The van der Waals surface area contributed by atoms with E-state index in [2.05, 4.69) is 4.72 Å². The first kappa shape index (κ1) is 15.4. The van der Waals surface area contributed by atoms with Crippen LogP contribution in [-0.4, -0.2) is 19.8 Å². The number of nitrogens with one attached hydrogen (secondary N) is 1. The summed E-state index contributed by atoms with van der Waals surface area (Å²) in [4.78, 5) is 1.66. The van der Waals surface area contributed by atoms with Crippen molar-refractivity contribution in [2.75, 3.05) is 11.0 Å². The minimum absolute atomic E-state index is 0.145. The van der Waals surface area contributed by atoms with Crippen molar-refractivity contribution >= 4 is 38.8 Å². The molecular weight excluding hydrogens is 314 g/mol. The minimum atomic E-state index is -3.60. The SMILES string of the molecule is CSc1cccc(NS(=O)(=O)c2cc(C)c(CO)s2)c1. The molecule has 0 aliphatic carbocycles. The predicted octanol–water partition coefficient (Wildman–Crippen LogP) is 3.07. The van der Waals surface area contributed by atoms with Crippen LogP contribution in [0.5, 0.6) is 0 Å². The van der Waals surface area contributed by atoms with E-state index in [1.54, 1.807) is 36.9 Å². The van der Waals surface area contributed by atoms with Gasteiger partial charge in [-0.15, -0.1) is 23.1 Å². The van der Waals surface area contributed by atoms with Gasteiger partial charge in [-0.05, 0) is 43.0 Å². The standard InChI is InChI=1S/C13H15NO3S3/c1-9-6-13(19-12(9)8-15)20(16,17)14-10-4-3-5-11(7-10)18-2/h3-7,14-15H,8H2,1-2H3. The molecule has 0 radical (unpaired) electrons. The van der Waals surface area contributed by atoms with Crippen LogP contribution in [0.15, 0.2) is 39.4 Å². The summed E-state index contributed by atoms with van der Waals surface area (Å²) in [5.41, 5.74) is 1.32. The normalized spacial score (nSPS) is 11.6. The predicted molar refractivity (Wildman–Crippen MR) is 84.0 cm³/mol. The van der Waals surface area contributed by atoms with E-state index in [4.69, 9.17) is 5.11 Å². The number of benzene rings is 1. The molecule has 2 rings (SSSR count). The van der Waals surface area contributed by atoms with E-state index >= 15 is 0 Å². The minimum Gasteiger partial charge on any atom is -0.391 e. The number of aliphatic hydroxyl groups excluding tert-OH is 1. The number of hydrogen-bond acceptors (Lipinski definition) is 5. The fraction of sp³-hybridized carbons (Fsp3) is 0.231. The Bertz CT molecular complexity index is 707. The summed E-state index contributed by atoms with van der Waals surface area (Å²) in [6.45, 7) is 1.64. The summed E-state index contributed by atoms with van der Waals surface area (Å²) in [6.07, 6.45) is 1.93. The largest absolute Gasteiger partial charge is 0.391 e. The van der Waals surface area contributed by atoms with E-state index in [1.165, 1.54) is 0 Å². The van der Waals surface area contributed by atoms with Crippen molar-refractivity contribution in [1.29, 1.82) is 0 Å². The van der Waals surface area contributed by atoms with E-state index in [9.17, 15) is 8.42 Å². The van der Waals surface area contributed by atoms with E-state index in [-0.39, 0.29) is 10.8 Å². The van der Waals surface area contributed by atoms with Crippen LogP contribution in [0.4, 0.5) is 5.69 Å². The van der Waals surface area contributed by atoms with Crippen molar-refractivity contribution in [3.8, 4) is 0 Å². The maximum absolute atomic E-state index is 12.3. The fourth-order valence-corrected chi connectivity index (χ4v) is 4.63. The molecule has 0 saturated heterocycles. The molecule has 1 aromatic heterocycles. The first-order valence-electron chi connectivity index (χ1n) is 5.83. The Balaban J connectivity index is 2.30. The van der Waals surface area contributed by atoms with Crippen molar-refractivity contribution in [2.24, 2.45) is 0 Å². The van der Waals surface area contributed by atoms with Crippen molar-refractivity contribution in [3.63, 3.8) is 0 Å². The molecule has 2 N–H and O–H groups in total. The molecule has 2 aromatic rings. The first-order chi connectivity index (χ1) is 9.46. The van der Waals surface area contributed by atoms with Crippen LogP contribution >= 0.6 is 23.1 Å². The Kier molecular flexibility index (Phi) is 4.74. The van der Waals surface area contributed by atoms with Gasteiger partial charge in [-0.3, -0.25) is 4.72 Å². The molecule has 0 bridgehead atoms. The molecule has 0 atom stereocenters. The van der Waals surface area contributed by atoms with Gasteiger partial charge < -0.3 is 5.11 Å². The van der Waals surface area contributed by atoms with E-state index < -0.39 is 10.0 Å². The molecule has 1 aromatic carbocycles. The second-order valence-corrected chi connectivity index (χ2v) is 8.09. The third kappa shape index (κ3) is 3.35. The smallest absolute Gasteiger partial charge is 0.271 e. The molecular formula is C13H15NO3S3. The molecule has 0 spiro atoms. The van der Waals surface area contributed by atoms with Crippen LogP contribution < -0.4 is 4.72 Å². The van der Waals surface area contributed by atoms with Gasteiger partial charge in [0.25, 0.3) is 10.0 Å².